The third kappa shape index (κ3) is 3.97. The number of aliphatic carboxylic acids is 1. The molecule has 2 atom stereocenters. The Bertz CT molecular complexity index is 500. The second-order valence-electron chi connectivity index (χ2n) is 5.33. The van der Waals surface area contributed by atoms with Gasteiger partial charge >= 0.3 is 5.97 Å². The van der Waals surface area contributed by atoms with Gasteiger partial charge in [0.25, 0.3) is 5.91 Å². The molecule has 1 heterocycles. The van der Waals surface area contributed by atoms with Crippen molar-refractivity contribution in [2.45, 2.75) is 44.6 Å². The van der Waals surface area contributed by atoms with Crippen molar-refractivity contribution in [3.05, 3.63) is 16.3 Å². The summed E-state index contributed by atoms with van der Waals surface area (Å²) in [5, 5.41) is 14.1. The van der Waals surface area contributed by atoms with Crippen LogP contribution in [0, 0.1) is 5.92 Å². The molecule has 1 fully saturated rings. The second-order valence-corrected chi connectivity index (χ2v) is 6.25. The number of carboxylic acids is 1. The summed E-state index contributed by atoms with van der Waals surface area (Å²) in [5.41, 5.74) is 0. The van der Waals surface area contributed by atoms with E-state index in [4.69, 9.17) is 4.74 Å². The van der Waals surface area contributed by atoms with E-state index in [2.05, 4.69) is 5.32 Å². The van der Waals surface area contributed by atoms with Crippen LogP contribution in [-0.4, -0.2) is 30.1 Å². The first-order chi connectivity index (χ1) is 10.1. The van der Waals surface area contributed by atoms with Crippen LogP contribution in [0.3, 0.4) is 0 Å². The molecule has 1 aromatic heterocycles. The molecule has 5 nitrogen and oxygen atoms in total. The zero-order chi connectivity index (χ0) is 15.2. The standard InChI is InChI=1S/C15H21NO4S/c1-20-12-8-9-21-13(12)14(17)16-11-7-5-3-2-4-6-10(11)15(18)19/h8-11H,2-7H2,1H3,(H,16,17)(H,18,19). The molecule has 1 amide bonds. The molecule has 0 bridgehead atoms. The fraction of sp³-hybridized carbons (Fsp3) is 0.600. The molecule has 21 heavy (non-hydrogen) atoms. The summed E-state index contributed by atoms with van der Waals surface area (Å²) in [6.07, 6.45) is 5.38. The highest BCUT2D eigenvalue weighted by atomic mass is 32.1. The van der Waals surface area contributed by atoms with E-state index in [0.29, 0.717) is 17.0 Å². The molecule has 0 aromatic carbocycles. The Labute approximate surface area is 128 Å². The summed E-state index contributed by atoms with van der Waals surface area (Å²) in [4.78, 5) is 24.3. The van der Waals surface area contributed by atoms with Gasteiger partial charge in [-0.1, -0.05) is 25.7 Å². The van der Waals surface area contributed by atoms with Gasteiger partial charge < -0.3 is 15.2 Å². The molecule has 1 aromatic rings. The number of amides is 1. The highest BCUT2D eigenvalue weighted by Crippen LogP contribution is 2.27. The first kappa shape index (κ1) is 15.8. The average molecular weight is 311 g/mol. The molecule has 2 unspecified atom stereocenters. The summed E-state index contributed by atoms with van der Waals surface area (Å²) in [6.45, 7) is 0. The van der Waals surface area contributed by atoms with Gasteiger partial charge in [0.05, 0.1) is 13.0 Å². The zero-order valence-corrected chi connectivity index (χ0v) is 12.9. The predicted octanol–water partition coefficient (Wildman–Crippen LogP) is 2.91. The molecule has 1 aliphatic rings. The summed E-state index contributed by atoms with van der Waals surface area (Å²) >= 11 is 1.31. The maximum atomic E-state index is 12.3. The fourth-order valence-corrected chi connectivity index (χ4v) is 3.57. The number of rotatable bonds is 4. The van der Waals surface area contributed by atoms with E-state index < -0.39 is 11.9 Å². The number of ether oxygens (including phenoxy) is 1. The van der Waals surface area contributed by atoms with Crippen LogP contribution in [0.1, 0.15) is 48.2 Å². The van der Waals surface area contributed by atoms with Gasteiger partial charge in [-0.05, 0) is 24.3 Å². The lowest BCUT2D eigenvalue weighted by Crippen LogP contribution is -2.43. The first-order valence-electron chi connectivity index (χ1n) is 7.28. The van der Waals surface area contributed by atoms with E-state index in [1.165, 1.54) is 18.4 Å². The van der Waals surface area contributed by atoms with E-state index in [1.54, 1.807) is 11.4 Å². The number of methoxy groups -OCH3 is 1. The van der Waals surface area contributed by atoms with Crippen LogP contribution in [0.25, 0.3) is 0 Å². The SMILES string of the molecule is COc1ccsc1C(=O)NC1CCCCCCC1C(=O)O. The lowest BCUT2D eigenvalue weighted by molar-refractivity contribution is -0.143. The summed E-state index contributed by atoms with van der Waals surface area (Å²) < 4.78 is 5.15. The molecule has 2 rings (SSSR count). The van der Waals surface area contributed by atoms with Crippen molar-refractivity contribution in [3.8, 4) is 5.75 Å². The maximum absolute atomic E-state index is 12.3. The highest BCUT2D eigenvalue weighted by Gasteiger charge is 2.30. The van der Waals surface area contributed by atoms with Crippen molar-refractivity contribution in [2.24, 2.45) is 5.92 Å². The molecule has 0 spiro atoms. The van der Waals surface area contributed by atoms with Crippen molar-refractivity contribution in [3.63, 3.8) is 0 Å². The van der Waals surface area contributed by atoms with Crippen molar-refractivity contribution in [1.29, 1.82) is 0 Å². The van der Waals surface area contributed by atoms with Crippen LogP contribution >= 0.6 is 11.3 Å². The summed E-state index contributed by atoms with van der Waals surface area (Å²) in [5.74, 6) is -1.02. The molecular weight excluding hydrogens is 290 g/mol. The van der Waals surface area contributed by atoms with Crippen molar-refractivity contribution < 1.29 is 19.4 Å². The number of thiophene rings is 1. The summed E-state index contributed by atoms with van der Waals surface area (Å²) in [7, 11) is 1.52. The molecule has 2 N–H and O–H groups in total. The van der Waals surface area contributed by atoms with Gasteiger partial charge in [0.2, 0.25) is 0 Å². The number of hydrogen-bond acceptors (Lipinski definition) is 4. The van der Waals surface area contributed by atoms with Gasteiger partial charge in [0.1, 0.15) is 10.6 Å². The first-order valence-corrected chi connectivity index (χ1v) is 8.16. The Morgan fingerprint density at radius 3 is 2.67 bits per heavy atom. The van der Waals surface area contributed by atoms with Crippen LogP contribution < -0.4 is 10.1 Å². The zero-order valence-electron chi connectivity index (χ0n) is 12.1. The van der Waals surface area contributed by atoms with Crippen molar-refractivity contribution in [1.82, 2.24) is 5.32 Å². The van der Waals surface area contributed by atoms with Crippen molar-refractivity contribution >= 4 is 23.2 Å². The molecule has 1 saturated carbocycles. The second kappa shape index (κ2) is 7.45. The monoisotopic (exact) mass is 311 g/mol. The van der Waals surface area contributed by atoms with Crippen LogP contribution in [-0.2, 0) is 4.79 Å². The third-order valence-electron chi connectivity index (χ3n) is 3.95. The van der Waals surface area contributed by atoms with E-state index in [1.807, 2.05) is 0 Å². The Morgan fingerprint density at radius 1 is 1.29 bits per heavy atom. The smallest absolute Gasteiger partial charge is 0.308 e. The van der Waals surface area contributed by atoms with E-state index >= 15 is 0 Å². The van der Waals surface area contributed by atoms with Gasteiger partial charge in [-0.2, -0.15) is 0 Å². The minimum Gasteiger partial charge on any atom is -0.495 e. The molecule has 0 saturated heterocycles. The van der Waals surface area contributed by atoms with Crippen LogP contribution in [0.2, 0.25) is 0 Å². The maximum Gasteiger partial charge on any atom is 0.308 e. The van der Waals surface area contributed by atoms with Crippen molar-refractivity contribution in [2.75, 3.05) is 7.11 Å². The molecule has 1 aliphatic carbocycles. The minimum atomic E-state index is -0.819. The number of hydrogen-bond donors (Lipinski definition) is 2. The largest absolute Gasteiger partial charge is 0.495 e. The third-order valence-corrected chi connectivity index (χ3v) is 4.85. The Kier molecular flexibility index (Phi) is 5.61. The molecular formula is C15H21NO4S. The van der Waals surface area contributed by atoms with Gasteiger partial charge in [0.15, 0.2) is 0 Å². The van der Waals surface area contributed by atoms with Gasteiger partial charge in [0, 0.05) is 6.04 Å². The lowest BCUT2D eigenvalue weighted by Gasteiger charge is -2.27. The number of carbonyl (C=O) groups is 2. The number of carbonyl (C=O) groups excluding carboxylic acids is 1. The summed E-state index contributed by atoms with van der Waals surface area (Å²) in [6, 6.07) is 1.44. The topological polar surface area (TPSA) is 75.6 Å². The molecule has 0 radical (unpaired) electrons. The van der Waals surface area contributed by atoms with Crippen LogP contribution in [0.4, 0.5) is 0 Å². The van der Waals surface area contributed by atoms with E-state index in [9.17, 15) is 14.7 Å². The quantitative estimate of drug-likeness (QED) is 0.896. The van der Waals surface area contributed by atoms with Crippen LogP contribution in [0.5, 0.6) is 5.75 Å². The van der Waals surface area contributed by atoms with Gasteiger partial charge in [-0.25, -0.2) is 0 Å². The average Bonchev–Trinajstić information content (AvgIpc) is 2.89. The number of nitrogens with one attached hydrogen (secondary N) is 1. The predicted molar refractivity (Wildman–Crippen MR) is 81.0 cm³/mol. The van der Waals surface area contributed by atoms with E-state index in [-0.39, 0.29) is 11.9 Å². The number of carboxylic acid groups (broad SMARTS) is 1. The lowest BCUT2D eigenvalue weighted by atomic mass is 9.87. The fourth-order valence-electron chi connectivity index (χ4n) is 2.81. The van der Waals surface area contributed by atoms with Gasteiger partial charge in [-0.15, -0.1) is 11.3 Å². The van der Waals surface area contributed by atoms with Crippen LogP contribution in [0.15, 0.2) is 11.4 Å². The highest BCUT2D eigenvalue weighted by molar-refractivity contribution is 7.12. The molecule has 116 valence electrons. The normalized spacial score (nSPS) is 22.9. The Hall–Kier alpha value is -1.56. The molecule has 0 aliphatic heterocycles. The Morgan fingerprint density at radius 2 is 2.00 bits per heavy atom. The van der Waals surface area contributed by atoms with E-state index in [0.717, 1.165) is 32.1 Å². The molecule has 6 heteroatoms. The van der Waals surface area contributed by atoms with Gasteiger partial charge in [-0.3, -0.25) is 9.59 Å². The Balaban J connectivity index is 2.09. The minimum absolute atomic E-state index is 0.237.